The van der Waals surface area contributed by atoms with E-state index in [-0.39, 0.29) is 11.7 Å². The van der Waals surface area contributed by atoms with Crippen LogP contribution in [0.3, 0.4) is 0 Å². The highest BCUT2D eigenvalue weighted by atomic mass is 19.1. The molecular formula is C15H15FN2O2. The molecule has 1 amide bonds. The van der Waals surface area contributed by atoms with Gasteiger partial charge in [-0.3, -0.25) is 4.79 Å². The van der Waals surface area contributed by atoms with Crippen LogP contribution < -0.4 is 15.8 Å². The molecule has 0 atom stereocenters. The number of nitrogen functional groups attached to an aromatic ring is 1. The van der Waals surface area contributed by atoms with E-state index < -0.39 is 0 Å². The first kappa shape index (κ1) is 13.9. The minimum Gasteiger partial charge on any atom is -0.492 e. The maximum atomic E-state index is 12.7. The van der Waals surface area contributed by atoms with Gasteiger partial charge in [-0.1, -0.05) is 0 Å². The molecule has 0 aliphatic rings. The fraction of sp³-hybridized carbons (Fsp3) is 0.133. The molecule has 0 fully saturated rings. The molecule has 5 heteroatoms. The van der Waals surface area contributed by atoms with Gasteiger partial charge in [-0.25, -0.2) is 4.39 Å². The van der Waals surface area contributed by atoms with E-state index in [1.54, 1.807) is 24.3 Å². The summed E-state index contributed by atoms with van der Waals surface area (Å²) in [5.74, 6) is 0.0642. The molecule has 0 saturated heterocycles. The van der Waals surface area contributed by atoms with Crippen molar-refractivity contribution in [2.75, 3.05) is 18.9 Å². The van der Waals surface area contributed by atoms with Crippen LogP contribution in [0, 0.1) is 5.82 Å². The summed E-state index contributed by atoms with van der Waals surface area (Å²) in [6.07, 6.45) is 0. The average Bonchev–Trinajstić information content (AvgIpc) is 2.46. The molecule has 0 aliphatic carbocycles. The van der Waals surface area contributed by atoms with Gasteiger partial charge >= 0.3 is 0 Å². The van der Waals surface area contributed by atoms with E-state index in [0.29, 0.717) is 30.2 Å². The number of benzene rings is 2. The number of nitrogens with one attached hydrogen (secondary N) is 1. The number of carbonyl (C=O) groups is 1. The summed E-state index contributed by atoms with van der Waals surface area (Å²) in [5, 5.41) is 2.69. The van der Waals surface area contributed by atoms with Crippen molar-refractivity contribution in [1.29, 1.82) is 0 Å². The molecule has 0 aliphatic heterocycles. The van der Waals surface area contributed by atoms with Crippen LogP contribution >= 0.6 is 0 Å². The number of anilines is 1. The van der Waals surface area contributed by atoms with Crippen LogP contribution in [0.15, 0.2) is 48.5 Å². The van der Waals surface area contributed by atoms with Gasteiger partial charge in [0.15, 0.2) is 0 Å². The fourth-order valence-electron chi connectivity index (χ4n) is 1.60. The van der Waals surface area contributed by atoms with Gasteiger partial charge in [0.05, 0.1) is 6.54 Å². The number of carbonyl (C=O) groups excluding carboxylic acids is 1. The van der Waals surface area contributed by atoms with Crippen LogP contribution in [0.5, 0.6) is 5.75 Å². The summed E-state index contributed by atoms with van der Waals surface area (Å²) in [6.45, 7) is 0.706. The van der Waals surface area contributed by atoms with Crippen molar-refractivity contribution in [1.82, 2.24) is 5.32 Å². The molecule has 4 nitrogen and oxygen atoms in total. The summed E-state index contributed by atoms with van der Waals surface area (Å²) >= 11 is 0. The monoisotopic (exact) mass is 274 g/mol. The van der Waals surface area contributed by atoms with Crippen LogP contribution in [0.2, 0.25) is 0 Å². The van der Waals surface area contributed by atoms with Gasteiger partial charge in [0, 0.05) is 11.3 Å². The first-order valence-electron chi connectivity index (χ1n) is 6.17. The Morgan fingerprint density at radius 1 is 1.10 bits per heavy atom. The van der Waals surface area contributed by atoms with Crippen molar-refractivity contribution >= 4 is 11.6 Å². The lowest BCUT2D eigenvalue weighted by atomic mass is 10.2. The lowest BCUT2D eigenvalue weighted by Crippen LogP contribution is -2.28. The minimum atomic E-state index is -0.367. The number of rotatable bonds is 5. The highest BCUT2D eigenvalue weighted by Crippen LogP contribution is 2.12. The lowest BCUT2D eigenvalue weighted by molar-refractivity contribution is 0.0947. The van der Waals surface area contributed by atoms with Gasteiger partial charge in [0.1, 0.15) is 18.2 Å². The second-order valence-corrected chi connectivity index (χ2v) is 4.18. The quantitative estimate of drug-likeness (QED) is 0.649. The largest absolute Gasteiger partial charge is 0.492 e. The van der Waals surface area contributed by atoms with Crippen LogP contribution in [0.4, 0.5) is 10.1 Å². The molecule has 2 rings (SSSR count). The topological polar surface area (TPSA) is 64.3 Å². The van der Waals surface area contributed by atoms with Crippen LogP contribution in [0.25, 0.3) is 0 Å². The maximum absolute atomic E-state index is 12.7. The molecule has 0 heterocycles. The molecule has 0 bridgehead atoms. The molecule has 104 valence electrons. The van der Waals surface area contributed by atoms with Crippen molar-refractivity contribution in [3.05, 3.63) is 59.9 Å². The fourth-order valence-corrected chi connectivity index (χ4v) is 1.60. The number of halogens is 1. The Labute approximate surface area is 116 Å². The smallest absolute Gasteiger partial charge is 0.251 e. The third kappa shape index (κ3) is 3.98. The molecule has 0 aromatic heterocycles. The van der Waals surface area contributed by atoms with Crippen molar-refractivity contribution in [2.24, 2.45) is 0 Å². The molecule has 0 saturated carbocycles. The summed E-state index contributed by atoms with van der Waals surface area (Å²) in [6, 6.07) is 12.4. The predicted octanol–water partition coefficient (Wildman–Crippen LogP) is 2.22. The second kappa shape index (κ2) is 6.56. The lowest BCUT2D eigenvalue weighted by Gasteiger charge is -2.08. The molecular weight excluding hydrogens is 259 g/mol. The van der Waals surface area contributed by atoms with Crippen LogP contribution in [-0.4, -0.2) is 19.1 Å². The van der Waals surface area contributed by atoms with E-state index in [1.165, 1.54) is 24.3 Å². The van der Waals surface area contributed by atoms with Crippen LogP contribution in [0.1, 0.15) is 10.4 Å². The Morgan fingerprint density at radius 2 is 1.75 bits per heavy atom. The normalized spacial score (nSPS) is 10.1. The summed E-state index contributed by atoms with van der Waals surface area (Å²) < 4.78 is 18.1. The number of ether oxygens (including phenoxy) is 1. The standard InChI is InChI=1S/C15H15FN2O2/c16-12-3-1-11(2-4-12)15(19)18-9-10-20-14-7-5-13(17)6-8-14/h1-8H,9-10,17H2,(H,18,19). The zero-order valence-corrected chi connectivity index (χ0v) is 10.8. The summed E-state index contributed by atoms with van der Waals surface area (Å²) in [4.78, 5) is 11.7. The zero-order chi connectivity index (χ0) is 14.4. The number of nitrogens with two attached hydrogens (primary N) is 1. The first-order valence-corrected chi connectivity index (χ1v) is 6.17. The SMILES string of the molecule is Nc1ccc(OCCNC(=O)c2ccc(F)cc2)cc1. The van der Waals surface area contributed by atoms with Crippen LogP contribution in [-0.2, 0) is 0 Å². The van der Waals surface area contributed by atoms with Crippen molar-refractivity contribution < 1.29 is 13.9 Å². The van der Waals surface area contributed by atoms with Gasteiger partial charge in [-0.2, -0.15) is 0 Å². The summed E-state index contributed by atoms with van der Waals surface area (Å²) in [7, 11) is 0. The molecule has 2 aromatic rings. The second-order valence-electron chi connectivity index (χ2n) is 4.18. The maximum Gasteiger partial charge on any atom is 0.251 e. The third-order valence-electron chi connectivity index (χ3n) is 2.64. The van der Waals surface area contributed by atoms with E-state index in [9.17, 15) is 9.18 Å². The molecule has 20 heavy (non-hydrogen) atoms. The van der Waals surface area contributed by atoms with E-state index in [0.717, 1.165) is 0 Å². The molecule has 0 radical (unpaired) electrons. The average molecular weight is 274 g/mol. The Bertz CT molecular complexity index is 567. The number of amides is 1. The zero-order valence-electron chi connectivity index (χ0n) is 10.8. The Morgan fingerprint density at radius 3 is 2.40 bits per heavy atom. The Balaban J connectivity index is 1.74. The van der Waals surface area contributed by atoms with Crippen molar-refractivity contribution in [3.8, 4) is 5.75 Å². The Hall–Kier alpha value is -2.56. The Kier molecular flexibility index (Phi) is 4.55. The predicted molar refractivity (Wildman–Crippen MR) is 75.1 cm³/mol. The number of hydrogen-bond acceptors (Lipinski definition) is 3. The highest BCUT2D eigenvalue weighted by molar-refractivity contribution is 5.94. The van der Waals surface area contributed by atoms with Gasteiger partial charge in [-0.15, -0.1) is 0 Å². The first-order chi connectivity index (χ1) is 9.65. The molecule has 2 aromatic carbocycles. The van der Waals surface area contributed by atoms with E-state index >= 15 is 0 Å². The molecule has 0 unspecified atom stereocenters. The minimum absolute atomic E-state index is 0.258. The van der Waals surface area contributed by atoms with E-state index in [4.69, 9.17) is 10.5 Å². The molecule has 3 N–H and O–H groups in total. The van der Waals surface area contributed by atoms with Crippen molar-refractivity contribution in [3.63, 3.8) is 0 Å². The summed E-state index contributed by atoms with van der Waals surface area (Å²) in [5.41, 5.74) is 6.64. The van der Waals surface area contributed by atoms with Crippen molar-refractivity contribution in [2.45, 2.75) is 0 Å². The molecule has 0 spiro atoms. The number of hydrogen-bond donors (Lipinski definition) is 2. The van der Waals surface area contributed by atoms with Gasteiger partial charge in [0.2, 0.25) is 0 Å². The third-order valence-corrected chi connectivity index (χ3v) is 2.64. The van der Waals surface area contributed by atoms with E-state index in [1.807, 2.05) is 0 Å². The highest BCUT2D eigenvalue weighted by Gasteiger charge is 2.04. The van der Waals surface area contributed by atoms with Gasteiger partial charge in [-0.05, 0) is 48.5 Å². The van der Waals surface area contributed by atoms with Gasteiger partial charge < -0.3 is 15.8 Å². The van der Waals surface area contributed by atoms with E-state index in [2.05, 4.69) is 5.32 Å². The van der Waals surface area contributed by atoms with Gasteiger partial charge in [0.25, 0.3) is 5.91 Å².